The first-order chi connectivity index (χ1) is 8.11. The molecule has 1 unspecified atom stereocenters. The Bertz CT molecular complexity index is 414. The van der Waals surface area contributed by atoms with Crippen molar-refractivity contribution in [2.75, 3.05) is 6.61 Å². The van der Waals surface area contributed by atoms with Crippen molar-refractivity contribution in [1.29, 1.82) is 0 Å². The summed E-state index contributed by atoms with van der Waals surface area (Å²) in [6.45, 7) is 4.05. The molecule has 0 saturated carbocycles. The molecule has 94 valence electrons. The zero-order chi connectivity index (χ0) is 12.4. The molecule has 3 nitrogen and oxygen atoms in total. The highest BCUT2D eigenvalue weighted by molar-refractivity contribution is 7.10. The van der Waals surface area contributed by atoms with Gasteiger partial charge in [-0.05, 0) is 37.7 Å². The van der Waals surface area contributed by atoms with Gasteiger partial charge in [0.15, 0.2) is 0 Å². The predicted octanol–water partition coefficient (Wildman–Crippen LogP) is 1.98. The van der Waals surface area contributed by atoms with Crippen LogP contribution in [-0.2, 0) is 12.8 Å². The van der Waals surface area contributed by atoms with Crippen molar-refractivity contribution < 1.29 is 9.90 Å². The molecule has 1 aromatic heterocycles. The maximum Gasteiger partial charge on any atom is 0.252 e. The van der Waals surface area contributed by atoms with Gasteiger partial charge >= 0.3 is 0 Å². The summed E-state index contributed by atoms with van der Waals surface area (Å²) in [6, 6.07) is -0.180. The minimum Gasteiger partial charge on any atom is -0.394 e. The molecule has 2 rings (SSSR count). The van der Waals surface area contributed by atoms with Gasteiger partial charge in [-0.1, -0.05) is 6.92 Å². The highest BCUT2D eigenvalue weighted by Crippen LogP contribution is 2.32. The molecular formula is C13H19NO2S. The van der Waals surface area contributed by atoms with E-state index < -0.39 is 0 Å². The average molecular weight is 253 g/mol. The Morgan fingerprint density at radius 1 is 1.71 bits per heavy atom. The van der Waals surface area contributed by atoms with Crippen LogP contribution in [-0.4, -0.2) is 23.7 Å². The molecule has 0 radical (unpaired) electrons. The summed E-state index contributed by atoms with van der Waals surface area (Å²) >= 11 is 1.70. The quantitative estimate of drug-likeness (QED) is 0.865. The van der Waals surface area contributed by atoms with Gasteiger partial charge in [0.1, 0.15) is 0 Å². The van der Waals surface area contributed by atoms with Gasteiger partial charge in [0.25, 0.3) is 5.91 Å². The first-order valence-corrected chi connectivity index (χ1v) is 7.00. The van der Waals surface area contributed by atoms with Gasteiger partial charge in [-0.2, -0.15) is 0 Å². The second-order valence-electron chi connectivity index (χ2n) is 4.96. The fraction of sp³-hybridized carbons (Fsp3) is 0.615. The standard InChI is InChI=1S/C13H19NO2S/c1-8-3-4-10-11(7-17-12(10)5-8)13(16)14-9(2)6-15/h7-9,15H,3-6H2,1-2H3,(H,14,16)/t8?,9-/m1/s1. The highest BCUT2D eigenvalue weighted by atomic mass is 32.1. The number of aliphatic hydroxyl groups excluding tert-OH is 1. The van der Waals surface area contributed by atoms with Crippen LogP contribution in [0.15, 0.2) is 5.38 Å². The van der Waals surface area contributed by atoms with Crippen molar-refractivity contribution in [2.45, 2.75) is 39.2 Å². The Morgan fingerprint density at radius 3 is 3.18 bits per heavy atom. The molecule has 0 bridgehead atoms. The van der Waals surface area contributed by atoms with Crippen molar-refractivity contribution in [3.8, 4) is 0 Å². The summed E-state index contributed by atoms with van der Waals surface area (Å²) < 4.78 is 0. The number of carbonyl (C=O) groups excluding carboxylic acids is 1. The van der Waals surface area contributed by atoms with E-state index in [-0.39, 0.29) is 18.6 Å². The highest BCUT2D eigenvalue weighted by Gasteiger charge is 2.23. The van der Waals surface area contributed by atoms with Gasteiger partial charge in [-0.25, -0.2) is 0 Å². The third kappa shape index (κ3) is 2.69. The number of aliphatic hydroxyl groups is 1. The fourth-order valence-electron chi connectivity index (χ4n) is 2.21. The molecular weight excluding hydrogens is 234 g/mol. The maximum atomic E-state index is 12.0. The molecule has 1 aliphatic carbocycles. The Morgan fingerprint density at radius 2 is 2.47 bits per heavy atom. The van der Waals surface area contributed by atoms with E-state index in [9.17, 15) is 4.79 Å². The number of fused-ring (bicyclic) bond motifs is 1. The molecule has 17 heavy (non-hydrogen) atoms. The third-order valence-electron chi connectivity index (χ3n) is 3.30. The van der Waals surface area contributed by atoms with Gasteiger partial charge in [0, 0.05) is 16.3 Å². The van der Waals surface area contributed by atoms with E-state index >= 15 is 0 Å². The average Bonchev–Trinajstić information content (AvgIpc) is 2.71. The number of hydrogen-bond donors (Lipinski definition) is 2. The summed E-state index contributed by atoms with van der Waals surface area (Å²) in [6.07, 6.45) is 3.28. The third-order valence-corrected chi connectivity index (χ3v) is 4.35. The van der Waals surface area contributed by atoms with Crippen LogP contribution in [0.3, 0.4) is 0 Å². The van der Waals surface area contributed by atoms with Crippen LogP contribution in [0.2, 0.25) is 0 Å². The van der Waals surface area contributed by atoms with Gasteiger partial charge in [0.05, 0.1) is 12.2 Å². The van der Waals surface area contributed by atoms with Crippen LogP contribution in [0.5, 0.6) is 0 Å². The van der Waals surface area contributed by atoms with Crippen LogP contribution in [0, 0.1) is 5.92 Å². The van der Waals surface area contributed by atoms with E-state index in [4.69, 9.17) is 5.11 Å². The minimum absolute atomic E-state index is 0.0187. The zero-order valence-corrected chi connectivity index (χ0v) is 11.1. The molecule has 1 aliphatic rings. The first kappa shape index (κ1) is 12.6. The van der Waals surface area contributed by atoms with E-state index in [1.165, 1.54) is 16.9 Å². The number of thiophene rings is 1. The summed E-state index contributed by atoms with van der Waals surface area (Å²) in [5.74, 6) is 0.687. The Labute approximate surface area is 106 Å². The molecule has 0 aliphatic heterocycles. The Hall–Kier alpha value is -0.870. The van der Waals surface area contributed by atoms with Crippen molar-refractivity contribution >= 4 is 17.2 Å². The zero-order valence-electron chi connectivity index (χ0n) is 10.3. The SMILES string of the molecule is CC1CCc2c(C(=O)N[C@H](C)CO)csc2C1. The summed E-state index contributed by atoms with van der Waals surface area (Å²) in [4.78, 5) is 13.4. The van der Waals surface area contributed by atoms with E-state index in [0.717, 1.165) is 24.3 Å². The number of carbonyl (C=O) groups is 1. The lowest BCUT2D eigenvalue weighted by molar-refractivity contribution is 0.0921. The predicted molar refractivity (Wildman–Crippen MR) is 69.5 cm³/mol. The van der Waals surface area contributed by atoms with E-state index in [0.29, 0.717) is 0 Å². The maximum absolute atomic E-state index is 12.0. The molecule has 4 heteroatoms. The summed E-state index contributed by atoms with van der Waals surface area (Å²) in [5, 5.41) is 13.7. The monoisotopic (exact) mass is 253 g/mol. The molecule has 0 spiro atoms. The number of rotatable bonds is 3. The molecule has 0 fully saturated rings. The summed E-state index contributed by atoms with van der Waals surface area (Å²) in [5.41, 5.74) is 2.05. The molecule has 2 atom stereocenters. The van der Waals surface area contributed by atoms with Crippen molar-refractivity contribution in [3.05, 3.63) is 21.4 Å². The lowest BCUT2D eigenvalue weighted by Crippen LogP contribution is -2.35. The van der Waals surface area contributed by atoms with Gasteiger partial charge in [-0.3, -0.25) is 4.79 Å². The van der Waals surface area contributed by atoms with Crippen LogP contribution in [0.25, 0.3) is 0 Å². The lowest BCUT2D eigenvalue weighted by Gasteiger charge is -2.19. The molecule has 0 aromatic carbocycles. The molecule has 1 amide bonds. The molecule has 1 aromatic rings. The number of amides is 1. The molecule has 1 heterocycles. The molecule has 2 N–H and O–H groups in total. The van der Waals surface area contributed by atoms with Crippen molar-refractivity contribution in [1.82, 2.24) is 5.32 Å². The second kappa shape index (κ2) is 5.19. The normalized spacial score (nSPS) is 20.8. The Kier molecular flexibility index (Phi) is 3.84. The first-order valence-electron chi connectivity index (χ1n) is 6.12. The minimum atomic E-state index is -0.180. The second-order valence-corrected chi connectivity index (χ2v) is 5.92. The van der Waals surface area contributed by atoms with Crippen LogP contribution < -0.4 is 5.32 Å². The lowest BCUT2D eigenvalue weighted by atomic mass is 9.88. The van der Waals surface area contributed by atoms with E-state index in [1.54, 1.807) is 18.3 Å². The number of hydrogen-bond acceptors (Lipinski definition) is 3. The van der Waals surface area contributed by atoms with Crippen LogP contribution >= 0.6 is 11.3 Å². The van der Waals surface area contributed by atoms with E-state index in [2.05, 4.69) is 12.2 Å². The molecule has 0 saturated heterocycles. The summed E-state index contributed by atoms with van der Waals surface area (Å²) in [7, 11) is 0. The van der Waals surface area contributed by atoms with Crippen molar-refractivity contribution in [3.63, 3.8) is 0 Å². The van der Waals surface area contributed by atoms with Gasteiger partial charge < -0.3 is 10.4 Å². The van der Waals surface area contributed by atoms with Crippen LogP contribution in [0.1, 0.15) is 41.1 Å². The van der Waals surface area contributed by atoms with Gasteiger partial charge in [0.2, 0.25) is 0 Å². The van der Waals surface area contributed by atoms with E-state index in [1.807, 2.05) is 5.38 Å². The van der Waals surface area contributed by atoms with Gasteiger partial charge in [-0.15, -0.1) is 11.3 Å². The van der Waals surface area contributed by atoms with Crippen molar-refractivity contribution in [2.24, 2.45) is 5.92 Å². The smallest absolute Gasteiger partial charge is 0.252 e. The largest absolute Gasteiger partial charge is 0.394 e. The Balaban J connectivity index is 2.14. The number of nitrogens with one attached hydrogen (secondary N) is 1. The fourth-order valence-corrected chi connectivity index (χ4v) is 3.46. The van der Waals surface area contributed by atoms with Crippen LogP contribution in [0.4, 0.5) is 0 Å². The topological polar surface area (TPSA) is 49.3 Å².